The second-order valence-corrected chi connectivity index (χ2v) is 19.3. The Morgan fingerprint density at radius 2 is 0.787 bits per heavy atom. The Bertz CT molecular complexity index is 1640. The third kappa shape index (κ3) is 7.67. The lowest BCUT2D eigenvalue weighted by atomic mass is 10.0. The zero-order chi connectivity index (χ0) is 31.7. The maximum atomic E-state index is 3.06. The molecule has 0 amide bonds. The lowest BCUT2D eigenvalue weighted by Gasteiger charge is -2.42. The highest BCUT2D eigenvalue weighted by Crippen LogP contribution is 2.76. The molecule has 1 nitrogen and oxygen atoms in total. The summed E-state index contributed by atoms with van der Waals surface area (Å²) in [4.78, 5) is 0. The molecule has 1 heterocycles. The first-order chi connectivity index (χ1) is 23.4. The van der Waals surface area contributed by atoms with Crippen LogP contribution in [0.2, 0.25) is 0 Å². The minimum atomic E-state index is -0.729. The van der Waals surface area contributed by atoms with Crippen LogP contribution in [0.1, 0.15) is 41.7 Å². The maximum absolute atomic E-state index is 3.06. The van der Waals surface area contributed by atoms with Gasteiger partial charge in [-0.15, -0.1) is 0 Å². The highest BCUT2D eigenvalue weighted by atomic mass is 31.2. The molecule has 0 radical (unpaired) electrons. The van der Waals surface area contributed by atoms with Gasteiger partial charge in [-0.25, -0.2) is 0 Å². The van der Waals surface area contributed by atoms with E-state index in [0.717, 1.165) is 13.0 Å². The van der Waals surface area contributed by atoms with E-state index in [4.69, 9.17) is 0 Å². The monoisotopic (exact) mass is 665 g/mol. The van der Waals surface area contributed by atoms with Crippen LogP contribution < -0.4 is 21.2 Å². The van der Waals surface area contributed by atoms with E-state index in [1.165, 1.54) is 51.3 Å². The van der Waals surface area contributed by atoms with Gasteiger partial charge < -0.3 is 0 Å². The molecular formula is C43H42NP3. The van der Waals surface area contributed by atoms with E-state index in [0.29, 0.717) is 11.3 Å². The summed E-state index contributed by atoms with van der Waals surface area (Å²) in [6.07, 6.45) is 4.82. The number of benzene rings is 6. The normalized spacial score (nSPS) is 16.7. The number of nitrogens with zero attached hydrogens (tertiary/aromatic N) is 1. The standard InChI is InChI=1S/C43H42NP3/c1-7-20-36(21-8-1)42-32-33-43(37-22-9-2-10-23-37)47(42)44(46(40-28-15-5-16-29-40)41-30-17-6-18-31-41)34-19-35-45(38-24-11-3-12-25-38)39-26-13-4-14-27-39/h1-18,20-31,42-43H,19,32-35H2/t42-,43-/m1/s1. The zero-order valence-corrected chi connectivity index (χ0v) is 29.5. The molecule has 6 aromatic rings. The van der Waals surface area contributed by atoms with Crippen molar-refractivity contribution in [3.05, 3.63) is 193 Å². The molecule has 0 aromatic heterocycles. The van der Waals surface area contributed by atoms with Gasteiger partial charge in [-0.3, -0.25) is 4.44 Å². The molecule has 0 spiro atoms. The van der Waals surface area contributed by atoms with Crippen LogP contribution in [0.25, 0.3) is 0 Å². The molecule has 6 aromatic carbocycles. The molecule has 234 valence electrons. The number of hydrogen-bond acceptors (Lipinski definition) is 1. The van der Waals surface area contributed by atoms with Crippen molar-refractivity contribution in [2.75, 3.05) is 12.7 Å². The Hall–Kier alpha value is -3.43. The van der Waals surface area contributed by atoms with Gasteiger partial charge >= 0.3 is 0 Å². The van der Waals surface area contributed by atoms with Gasteiger partial charge in [-0.05, 0) is 73.8 Å². The zero-order valence-electron chi connectivity index (χ0n) is 26.8. The van der Waals surface area contributed by atoms with Crippen molar-refractivity contribution < 1.29 is 0 Å². The fourth-order valence-corrected chi connectivity index (χ4v) is 16.8. The van der Waals surface area contributed by atoms with Gasteiger partial charge in [0.15, 0.2) is 0 Å². The van der Waals surface area contributed by atoms with Crippen LogP contribution in [0.15, 0.2) is 182 Å². The molecule has 7 rings (SSSR count). The smallest absolute Gasteiger partial charge is 0.0318 e. The Balaban J connectivity index is 1.32. The van der Waals surface area contributed by atoms with Gasteiger partial charge in [-0.2, -0.15) is 0 Å². The predicted molar refractivity (Wildman–Crippen MR) is 209 cm³/mol. The lowest BCUT2D eigenvalue weighted by molar-refractivity contribution is 0.673. The average molecular weight is 666 g/mol. The van der Waals surface area contributed by atoms with E-state index >= 15 is 0 Å². The van der Waals surface area contributed by atoms with Gasteiger partial charge in [0, 0.05) is 25.9 Å². The topological polar surface area (TPSA) is 3.24 Å². The maximum Gasteiger partial charge on any atom is 0.0318 e. The van der Waals surface area contributed by atoms with E-state index in [2.05, 4.69) is 186 Å². The Morgan fingerprint density at radius 1 is 0.447 bits per heavy atom. The Labute approximate surface area is 285 Å². The van der Waals surface area contributed by atoms with Crippen LogP contribution in [-0.4, -0.2) is 17.1 Å². The largest absolute Gasteiger partial charge is 0.251 e. The molecular weight excluding hydrogens is 623 g/mol. The van der Waals surface area contributed by atoms with Gasteiger partial charge in [-0.1, -0.05) is 182 Å². The fourth-order valence-electron chi connectivity index (χ4n) is 6.97. The molecule has 1 aliphatic rings. The highest BCUT2D eigenvalue weighted by Gasteiger charge is 2.44. The van der Waals surface area contributed by atoms with Crippen molar-refractivity contribution in [3.63, 3.8) is 0 Å². The molecule has 0 bridgehead atoms. The molecule has 0 unspecified atom stereocenters. The molecule has 0 aliphatic carbocycles. The SMILES string of the molecule is c1ccc([C@H]2CC[C@H](c3ccccc3)P2N(CCCP(c2ccccc2)c2ccccc2)P(c2ccccc2)c2ccccc2)cc1. The van der Waals surface area contributed by atoms with Crippen molar-refractivity contribution in [2.24, 2.45) is 0 Å². The van der Waals surface area contributed by atoms with Crippen LogP contribution in [0.5, 0.6) is 0 Å². The van der Waals surface area contributed by atoms with Gasteiger partial charge in [0.2, 0.25) is 0 Å². The van der Waals surface area contributed by atoms with Crippen molar-refractivity contribution in [1.82, 2.24) is 4.44 Å². The molecule has 4 heteroatoms. The number of hydrogen-bond donors (Lipinski definition) is 0. The first-order valence-corrected chi connectivity index (χ1v) is 21.1. The summed E-state index contributed by atoms with van der Waals surface area (Å²) in [6, 6.07) is 68.2. The van der Waals surface area contributed by atoms with Crippen LogP contribution in [0, 0.1) is 0 Å². The summed E-state index contributed by atoms with van der Waals surface area (Å²) in [5.74, 6) is 0. The predicted octanol–water partition coefficient (Wildman–Crippen LogP) is 10.5. The van der Waals surface area contributed by atoms with Gasteiger partial charge in [0.25, 0.3) is 0 Å². The van der Waals surface area contributed by atoms with Crippen LogP contribution in [0.4, 0.5) is 0 Å². The molecule has 0 saturated carbocycles. The summed E-state index contributed by atoms with van der Waals surface area (Å²) in [6.45, 7) is 1.09. The van der Waals surface area contributed by atoms with E-state index in [-0.39, 0.29) is 0 Å². The lowest BCUT2D eigenvalue weighted by Crippen LogP contribution is -2.28. The average Bonchev–Trinajstić information content (AvgIpc) is 3.60. The van der Waals surface area contributed by atoms with Crippen LogP contribution >= 0.6 is 24.1 Å². The molecule has 1 aliphatic heterocycles. The van der Waals surface area contributed by atoms with Crippen molar-refractivity contribution in [3.8, 4) is 0 Å². The molecule has 0 N–H and O–H groups in total. The highest BCUT2D eigenvalue weighted by molar-refractivity contribution is 7.79. The fraction of sp³-hybridized carbons (Fsp3) is 0.163. The third-order valence-electron chi connectivity index (χ3n) is 9.10. The van der Waals surface area contributed by atoms with Crippen molar-refractivity contribution in [2.45, 2.75) is 30.6 Å². The number of rotatable bonds is 12. The van der Waals surface area contributed by atoms with E-state index in [1.54, 1.807) is 0 Å². The van der Waals surface area contributed by atoms with Crippen molar-refractivity contribution >= 4 is 45.3 Å². The minimum Gasteiger partial charge on any atom is -0.251 e. The summed E-state index contributed by atoms with van der Waals surface area (Å²) in [5, 5.41) is 5.86. The first-order valence-electron chi connectivity index (χ1n) is 16.8. The summed E-state index contributed by atoms with van der Waals surface area (Å²) in [7, 11) is -1.72. The van der Waals surface area contributed by atoms with Gasteiger partial charge in [0.05, 0.1) is 0 Å². The summed E-state index contributed by atoms with van der Waals surface area (Å²) in [5.41, 5.74) is 4.10. The molecule has 47 heavy (non-hydrogen) atoms. The minimum absolute atomic E-state index is 0.444. The molecule has 1 saturated heterocycles. The summed E-state index contributed by atoms with van der Waals surface area (Å²) < 4.78 is 3.06. The van der Waals surface area contributed by atoms with E-state index in [9.17, 15) is 0 Å². The van der Waals surface area contributed by atoms with Crippen LogP contribution in [0.3, 0.4) is 0 Å². The van der Waals surface area contributed by atoms with Crippen molar-refractivity contribution in [1.29, 1.82) is 0 Å². The summed E-state index contributed by atoms with van der Waals surface area (Å²) >= 11 is 0. The first kappa shape index (κ1) is 32.1. The quantitative estimate of drug-likeness (QED) is 0.118. The van der Waals surface area contributed by atoms with E-state index < -0.39 is 24.1 Å². The molecule has 2 atom stereocenters. The second-order valence-electron chi connectivity index (χ2n) is 12.1. The Morgan fingerprint density at radius 3 is 1.17 bits per heavy atom. The van der Waals surface area contributed by atoms with Gasteiger partial charge in [0.1, 0.15) is 0 Å². The van der Waals surface area contributed by atoms with E-state index in [1.807, 2.05) is 0 Å². The van der Waals surface area contributed by atoms with Crippen LogP contribution in [-0.2, 0) is 0 Å². The third-order valence-corrected chi connectivity index (χ3v) is 18.2. The second kappa shape index (κ2) is 16.1. The Kier molecular flexibility index (Phi) is 11.0. The molecule has 1 fully saturated rings.